The number of methoxy groups -OCH3 is 2. The fourth-order valence-corrected chi connectivity index (χ4v) is 4.54. The molecule has 1 aliphatic rings. The lowest BCUT2D eigenvalue weighted by atomic mass is 9.96. The molecule has 3 aromatic carbocycles. The Hall–Kier alpha value is -4.54. The zero-order chi connectivity index (χ0) is 30.5. The van der Waals surface area contributed by atoms with Gasteiger partial charge in [0.05, 0.1) is 20.3 Å². The van der Waals surface area contributed by atoms with E-state index in [0.29, 0.717) is 12.2 Å². The van der Waals surface area contributed by atoms with Crippen LogP contribution in [0, 0.1) is 11.6 Å². The quantitative estimate of drug-likeness (QED) is 0.319. The van der Waals surface area contributed by atoms with E-state index in [4.69, 9.17) is 19.7 Å². The molecule has 1 saturated heterocycles. The summed E-state index contributed by atoms with van der Waals surface area (Å²) in [5.74, 6) is -1.48. The van der Waals surface area contributed by atoms with Crippen LogP contribution in [0.25, 0.3) is 6.08 Å². The molecule has 1 aliphatic heterocycles. The van der Waals surface area contributed by atoms with Gasteiger partial charge in [-0.15, -0.1) is 0 Å². The van der Waals surface area contributed by atoms with Crippen molar-refractivity contribution in [2.75, 3.05) is 46.9 Å². The van der Waals surface area contributed by atoms with Gasteiger partial charge in [-0.1, -0.05) is 36.4 Å². The zero-order valence-electron chi connectivity index (χ0n) is 23.5. The summed E-state index contributed by atoms with van der Waals surface area (Å²) in [6.45, 7) is 4.37. The van der Waals surface area contributed by atoms with Gasteiger partial charge in [-0.05, 0) is 47.5 Å². The van der Waals surface area contributed by atoms with Gasteiger partial charge in [0.2, 0.25) is 0 Å². The first kappa shape index (κ1) is 32.0. The Balaban J connectivity index is 0.000000531. The fourth-order valence-electron chi connectivity index (χ4n) is 4.54. The molecule has 4 rings (SSSR count). The van der Waals surface area contributed by atoms with E-state index in [2.05, 4.69) is 22.0 Å². The smallest absolute Gasteiger partial charge is 0.328 e. The number of nitrogens with zero attached hydrogens (tertiary/aromatic N) is 2. The van der Waals surface area contributed by atoms with Crippen LogP contribution in [-0.2, 0) is 9.59 Å². The van der Waals surface area contributed by atoms with Crippen molar-refractivity contribution in [3.63, 3.8) is 0 Å². The van der Waals surface area contributed by atoms with Gasteiger partial charge in [-0.2, -0.15) is 0 Å². The van der Waals surface area contributed by atoms with Crippen LogP contribution in [0.2, 0.25) is 0 Å². The largest absolute Gasteiger partial charge is 0.497 e. The molecule has 0 spiro atoms. The van der Waals surface area contributed by atoms with Crippen LogP contribution in [0.15, 0.2) is 85.0 Å². The van der Waals surface area contributed by atoms with Crippen LogP contribution in [0.1, 0.15) is 22.7 Å². The van der Waals surface area contributed by atoms with Crippen molar-refractivity contribution in [3.05, 3.63) is 113 Å². The highest BCUT2D eigenvalue weighted by molar-refractivity contribution is 5.89. The molecule has 222 valence electrons. The molecule has 10 heteroatoms. The second-order valence-corrected chi connectivity index (χ2v) is 9.36. The third-order valence-electron chi connectivity index (χ3n) is 6.61. The molecule has 3 aromatic rings. The Morgan fingerprint density at radius 2 is 1.33 bits per heavy atom. The number of carbonyl (C=O) groups is 2. The first-order valence-electron chi connectivity index (χ1n) is 13.2. The van der Waals surface area contributed by atoms with Gasteiger partial charge in [0.15, 0.2) is 0 Å². The number of halogens is 2. The van der Waals surface area contributed by atoms with E-state index in [0.717, 1.165) is 60.9 Å². The molecule has 0 bridgehead atoms. The normalized spacial score (nSPS) is 14.1. The van der Waals surface area contributed by atoms with Gasteiger partial charge in [-0.25, -0.2) is 18.4 Å². The first-order chi connectivity index (χ1) is 20.2. The van der Waals surface area contributed by atoms with Gasteiger partial charge in [0.25, 0.3) is 0 Å². The predicted molar refractivity (Wildman–Crippen MR) is 156 cm³/mol. The molecule has 2 N–H and O–H groups in total. The summed E-state index contributed by atoms with van der Waals surface area (Å²) < 4.78 is 37.8. The van der Waals surface area contributed by atoms with Gasteiger partial charge < -0.3 is 19.7 Å². The molecule has 0 aliphatic carbocycles. The average Bonchev–Trinajstić information content (AvgIpc) is 2.99. The minimum atomic E-state index is -1.26. The average molecular weight is 581 g/mol. The summed E-state index contributed by atoms with van der Waals surface area (Å²) >= 11 is 0. The molecule has 0 unspecified atom stereocenters. The summed E-state index contributed by atoms with van der Waals surface area (Å²) in [5, 5.41) is 15.6. The molecular formula is C32H34F2N2O6. The number of piperazine rings is 1. The van der Waals surface area contributed by atoms with Crippen molar-refractivity contribution in [3.8, 4) is 11.5 Å². The van der Waals surface area contributed by atoms with Crippen molar-refractivity contribution >= 4 is 18.0 Å². The lowest BCUT2D eigenvalue weighted by Gasteiger charge is -2.39. The standard InChI is InChI=1S/C28H30F2N2O2.C4H4O4/c1-33-26-14-9-21(27(20-26)34-2)4-3-15-31-16-18-32(19-17-31)28(22-5-10-24(29)11-6-22)23-7-12-25(30)13-8-23;5-3(6)1-2-4(7)8/h3-14,20,28H,15-19H2,1-2H3;1-2H,(H,5,6)(H,7,8)/b4-3+;2-1+. The predicted octanol–water partition coefficient (Wildman–Crippen LogP) is 5.11. The Bertz CT molecular complexity index is 1310. The second-order valence-electron chi connectivity index (χ2n) is 9.36. The van der Waals surface area contributed by atoms with E-state index in [1.165, 1.54) is 24.3 Å². The van der Waals surface area contributed by atoms with Crippen LogP contribution in [0.4, 0.5) is 8.78 Å². The Morgan fingerprint density at radius 3 is 1.79 bits per heavy atom. The molecule has 42 heavy (non-hydrogen) atoms. The van der Waals surface area contributed by atoms with Crippen molar-refractivity contribution in [1.82, 2.24) is 9.80 Å². The maximum Gasteiger partial charge on any atom is 0.328 e. The summed E-state index contributed by atoms with van der Waals surface area (Å²) in [4.78, 5) is 23.9. The lowest BCUT2D eigenvalue weighted by molar-refractivity contribution is -0.134. The summed E-state index contributed by atoms with van der Waals surface area (Å²) in [7, 11) is 3.30. The van der Waals surface area contributed by atoms with E-state index >= 15 is 0 Å². The molecular weight excluding hydrogens is 546 g/mol. The molecule has 0 atom stereocenters. The van der Waals surface area contributed by atoms with Crippen LogP contribution in [0.5, 0.6) is 11.5 Å². The topological polar surface area (TPSA) is 99.5 Å². The monoisotopic (exact) mass is 580 g/mol. The Labute approximate surface area is 243 Å². The van der Waals surface area contributed by atoms with Gasteiger partial charge in [-0.3, -0.25) is 9.80 Å². The zero-order valence-corrected chi connectivity index (χ0v) is 23.5. The van der Waals surface area contributed by atoms with Crippen molar-refractivity contribution in [2.45, 2.75) is 6.04 Å². The lowest BCUT2D eigenvalue weighted by Crippen LogP contribution is -2.47. The fraction of sp³-hybridized carbons (Fsp3) is 0.250. The number of hydrogen-bond acceptors (Lipinski definition) is 6. The van der Waals surface area contributed by atoms with Crippen LogP contribution in [-0.4, -0.2) is 78.9 Å². The molecule has 8 nitrogen and oxygen atoms in total. The molecule has 0 saturated carbocycles. The minimum Gasteiger partial charge on any atom is -0.497 e. The van der Waals surface area contributed by atoms with Crippen LogP contribution < -0.4 is 9.47 Å². The van der Waals surface area contributed by atoms with Gasteiger partial charge in [0, 0.05) is 56.5 Å². The number of benzene rings is 3. The van der Waals surface area contributed by atoms with E-state index < -0.39 is 11.9 Å². The van der Waals surface area contributed by atoms with Crippen LogP contribution >= 0.6 is 0 Å². The third-order valence-corrected chi connectivity index (χ3v) is 6.61. The molecule has 1 heterocycles. The number of aliphatic carboxylic acids is 2. The van der Waals surface area contributed by atoms with Crippen molar-refractivity contribution < 1.29 is 38.1 Å². The number of hydrogen-bond donors (Lipinski definition) is 2. The van der Waals surface area contributed by atoms with Gasteiger partial charge >= 0.3 is 11.9 Å². The van der Waals surface area contributed by atoms with E-state index in [-0.39, 0.29) is 17.7 Å². The van der Waals surface area contributed by atoms with E-state index in [1.54, 1.807) is 14.2 Å². The van der Waals surface area contributed by atoms with Crippen molar-refractivity contribution in [2.24, 2.45) is 0 Å². The molecule has 0 amide bonds. The number of rotatable bonds is 10. The van der Waals surface area contributed by atoms with Crippen LogP contribution in [0.3, 0.4) is 0 Å². The highest BCUT2D eigenvalue weighted by Gasteiger charge is 2.26. The third kappa shape index (κ3) is 9.83. The summed E-state index contributed by atoms with van der Waals surface area (Å²) in [6.07, 6.45) is 5.34. The second kappa shape index (κ2) is 16.0. The van der Waals surface area contributed by atoms with E-state index in [9.17, 15) is 18.4 Å². The molecule has 1 fully saturated rings. The molecule has 0 aromatic heterocycles. The number of carboxylic acids is 2. The highest BCUT2D eigenvalue weighted by Crippen LogP contribution is 2.30. The van der Waals surface area contributed by atoms with Gasteiger partial charge in [0.1, 0.15) is 23.1 Å². The maximum atomic E-state index is 13.5. The van der Waals surface area contributed by atoms with E-state index in [1.807, 2.05) is 42.5 Å². The minimum absolute atomic E-state index is 0.0394. The highest BCUT2D eigenvalue weighted by atomic mass is 19.1. The molecule has 0 radical (unpaired) electrons. The summed E-state index contributed by atoms with van der Waals surface area (Å²) in [6, 6.07) is 19.0. The number of ether oxygens (including phenoxy) is 2. The Morgan fingerprint density at radius 1 is 0.810 bits per heavy atom. The summed E-state index contributed by atoms with van der Waals surface area (Å²) in [5.41, 5.74) is 3.02. The number of carboxylic acid groups (broad SMARTS) is 2. The Kier molecular flexibility index (Phi) is 12.2. The SMILES string of the molecule is COc1ccc(/C=C/CN2CCN(C(c3ccc(F)cc3)c3ccc(F)cc3)CC2)c(OC)c1.O=C(O)/C=C/C(=O)O. The first-order valence-corrected chi connectivity index (χ1v) is 13.2. The van der Waals surface area contributed by atoms with Crippen molar-refractivity contribution in [1.29, 1.82) is 0 Å². The maximum absolute atomic E-state index is 13.5.